The van der Waals surface area contributed by atoms with Crippen LogP contribution in [0, 0.1) is 0 Å². The number of thioether (sulfide) groups is 1. The highest BCUT2D eigenvalue weighted by molar-refractivity contribution is 8.00. The van der Waals surface area contributed by atoms with E-state index in [9.17, 15) is 4.79 Å². The second-order valence-corrected chi connectivity index (χ2v) is 8.93. The third kappa shape index (κ3) is 5.81. The average Bonchev–Trinajstić information content (AvgIpc) is 2.78. The molecule has 1 N–H and O–H groups in total. The summed E-state index contributed by atoms with van der Waals surface area (Å²) in [6, 6.07) is 16.0. The van der Waals surface area contributed by atoms with Crippen molar-refractivity contribution >= 4 is 34.3 Å². The van der Waals surface area contributed by atoms with Gasteiger partial charge >= 0.3 is 0 Å². The molecule has 2 heterocycles. The molecule has 1 saturated heterocycles. The van der Waals surface area contributed by atoms with Crippen molar-refractivity contribution in [2.75, 3.05) is 37.4 Å². The van der Waals surface area contributed by atoms with Gasteiger partial charge in [-0.1, -0.05) is 55.9 Å². The third-order valence-electron chi connectivity index (χ3n) is 5.26. The van der Waals surface area contributed by atoms with E-state index in [0.717, 1.165) is 53.7 Å². The first-order chi connectivity index (χ1) is 15.1. The molecule has 0 saturated carbocycles. The Labute approximate surface area is 187 Å². The molecule has 1 aromatic heterocycles. The van der Waals surface area contributed by atoms with Crippen LogP contribution in [0.3, 0.4) is 0 Å². The molecule has 0 radical (unpaired) electrons. The van der Waals surface area contributed by atoms with Gasteiger partial charge in [-0.3, -0.25) is 9.69 Å². The van der Waals surface area contributed by atoms with Crippen molar-refractivity contribution in [1.29, 1.82) is 0 Å². The zero-order chi connectivity index (χ0) is 21.6. The monoisotopic (exact) mass is 436 g/mol. The highest BCUT2D eigenvalue weighted by Gasteiger charge is 2.15. The van der Waals surface area contributed by atoms with Gasteiger partial charge in [0, 0.05) is 24.2 Å². The summed E-state index contributed by atoms with van der Waals surface area (Å²) in [5.41, 5.74) is 2.95. The van der Waals surface area contributed by atoms with Gasteiger partial charge in [0.05, 0.1) is 31.0 Å². The number of aromatic nitrogens is 2. The maximum Gasteiger partial charge on any atom is 0.234 e. The van der Waals surface area contributed by atoms with E-state index in [0.29, 0.717) is 18.2 Å². The van der Waals surface area contributed by atoms with Gasteiger partial charge in [0.2, 0.25) is 5.91 Å². The lowest BCUT2D eigenvalue weighted by Gasteiger charge is -2.25. The molecule has 1 aliphatic heterocycles. The summed E-state index contributed by atoms with van der Waals surface area (Å²) in [6.07, 6.45) is 0. The van der Waals surface area contributed by atoms with Gasteiger partial charge < -0.3 is 10.1 Å². The normalized spacial score (nSPS) is 14.8. The van der Waals surface area contributed by atoms with Gasteiger partial charge in [0.25, 0.3) is 0 Å². The number of hydrogen-bond acceptors (Lipinski definition) is 6. The molecule has 0 aliphatic carbocycles. The van der Waals surface area contributed by atoms with Crippen LogP contribution in [0.25, 0.3) is 10.9 Å². The Hall–Kier alpha value is -2.48. The summed E-state index contributed by atoms with van der Waals surface area (Å²) in [6.45, 7) is 8.24. The number of ether oxygens (including phenoxy) is 1. The number of hydrogen-bond donors (Lipinski definition) is 1. The van der Waals surface area contributed by atoms with E-state index in [-0.39, 0.29) is 5.91 Å². The number of para-hydroxylation sites is 1. The predicted octanol–water partition coefficient (Wildman–Crippen LogP) is 4.32. The number of fused-ring (bicyclic) bond motifs is 1. The number of nitrogens with one attached hydrogen (secondary N) is 1. The maximum atomic E-state index is 12.6. The van der Waals surface area contributed by atoms with Crippen molar-refractivity contribution in [3.05, 3.63) is 59.9 Å². The molecule has 2 aromatic carbocycles. The lowest BCUT2D eigenvalue weighted by atomic mass is 10.0. The van der Waals surface area contributed by atoms with Crippen molar-refractivity contribution in [2.24, 2.45) is 0 Å². The maximum absolute atomic E-state index is 12.6. The molecular weight excluding hydrogens is 408 g/mol. The first kappa shape index (κ1) is 21.7. The summed E-state index contributed by atoms with van der Waals surface area (Å²) in [4.78, 5) is 24.5. The third-order valence-corrected chi connectivity index (χ3v) is 6.25. The standard InChI is InChI=1S/C24H28N4O2S/c1-17(2)18-6-5-7-19(14-18)25-23(29)16-31-24-20-8-3-4-9-21(20)26-22(27-24)15-28-10-12-30-13-11-28/h3-9,14,17H,10-13,15-16H2,1-2H3,(H,25,29). The Morgan fingerprint density at radius 2 is 1.94 bits per heavy atom. The van der Waals surface area contributed by atoms with Crippen LogP contribution in [0.1, 0.15) is 31.2 Å². The Morgan fingerprint density at radius 1 is 1.13 bits per heavy atom. The van der Waals surface area contributed by atoms with Crippen molar-refractivity contribution in [1.82, 2.24) is 14.9 Å². The molecule has 1 aliphatic rings. The van der Waals surface area contributed by atoms with Crippen LogP contribution in [-0.4, -0.2) is 52.8 Å². The SMILES string of the molecule is CC(C)c1cccc(NC(=O)CSc2nc(CN3CCOCC3)nc3ccccc23)c1. The molecule has 1 amide bonds. The molecule has 162 valence electrons. The quantitative estimate of drug-likeness (QED) is 0.440. The molecule has 1 fully saturated rings. The van der Waals surface area contributed by atoms with Gasteiger partial charge in [0.1, 0.15) is 10.9 Å². The molecule has 0 atom stereocenters. The smallest absolute Gasteiger partial charge is 0.234 e. The molecule has 31 heavy (non-hydrogen) atoms. The molecule has 3 aromatic rings. The van der Waals surface area contributed by atoms with Crippen LogP contribution in [-0.2, 0) is 16.1 Å². The lowest BCUT2D eigenvalue weighted by Crippen LogP contribution is -2.36. The van der Waals surface area contributed by atoms with Crippen LogP contribution in [0.4, 0.5) is 5.69 Å². The molecule has 7 heteroatoms. The van der Waals surface area contributed by atoms with E-state index in [2.05, 4.69) is 30.1 Å². The van der Waals surface area contributed by atoms with Crippen LogP contribution in [0.5, 0.6) is 0 Å². The van der Waals surface area contributed by atoms with E-state index >= 15 is 0 Å². The Kier molecular flexibility index (Phi) is 7.17. The van der Waals surface area contributed by atoms with E-state index in [1.54, 1.807) is 0 Å². The fourth-order valence-corrected chi connectivity index (χ4v) is 4.38. The Morgan fingerprint density at radius 3 is 2.74 bits per heavy atom. The second kappa shape index (κ2) is 10.2. The number of benzene rings is 2. The van der Waals surface area contributed by atoms with Crippen molar-refractivity contribution in [3.63, 3.8) is 0 Å². The van der Waals surface area contributed by atoms with Crippen molar-refractivity contribution < 1.29 is 9.53 Å². The van der Waals surface area contributed by atoms with E-state index in [1.165, 1.54) is 17.3 Å². The number of anilines is 1. The number of carbonyl (C=O) groups excluding carboxylic acids is 1. The van der Waals surface area contributed by atoms with Gasteiger partial charge in [-0.2, -0.15) is 0 Å². The summed E-state index contributed by atoms with van der Waals surface area (Å²) in [5.74, 6) is 1.46. The highest BCUT2D eigenvalue weighted by Crippen LogP contribution is 2.26. The number of rotatable bonds is 7. The second-order valence-electron chi connectivity index (χ2n) is 7.97. The molecule has 0 unspecified atom stereocenters. The van der Waals surface area contributed by atoms with E-state index in [4.69, 9.17) is 14.7 Å². The number of nitrogens with zero attached hydrogens (tertiary/aromatic N) is 3. The zero-order valence-corrected chi connectivity index (χ0v) is 18.8. The number of amides is 1. The van der Waals surface area contributed by atoms with Gasteiger partial charge in [-0.25, -0.2) is 9.97 Å². The Bertz CT molecular complexity index is 1050. The molecule has 0 spiro atoms. The first-order valence-corrected chi connectivity index (χ1v) is 11.7. The van der Waals surface area contributed by atoms with Gasteiger partial charge in [-0.15, -0.1) is 0 Å². The molecular formula is C24H28N4O2S. The number of morpholine rings is 1. The van der Waals surface area contributed by atoms with Gasteiger partial charge in [-0.05, 0) is 29.7 Å². The van der Waals surface area contributed by atoms with Gasteiger partial charge in [0.15, 0.2) is 0 Å². The largest absolute Gasteiger partial charge is 0.379 e. The first-order valence-electron chi connectivity index (χ1n) is 10.7. The minimum atomic E-state index is -0.0386. The topological polar surface area (TPSA) is 67.4 Å². The Balaban J connectivity index is 1.46. The minimum absolute atomic E-state index is 0.0386. The summed E-state index contributed by atoms with van der Waals surface area (Å²) in [7, 11) is 0. The number of carbonyl (C=O) groups is 1. The molecule has 6 nitrogen and oxygen atoms in total. The summed E-state index contributed by atoms with van der Waals surface area (Å²) < 4.78 is 5.43. The average molecular weight is 437 g/mol. The summed E-state index contributed by atoms with van der Waals surface area (Å²) >= 11 is 1.46. The van der Waals surface area contributed by atoms with E-state index in [1.807, 2.05) is 42.5 Å². The fraction of sp³-hybridized carbons (Fsp3) is 0.375. The predicted molar refractivity (Wildman–Crippen MR) is 126 cm³/mol. The van der Waals surface area contributed by atoms with Crippen molar-refractivity contribution in [3.8, 4) is 0 Å². The molecule has 0 bridgehead atoms. The summed E-state index contributed by atoms with van der Waals surface area (Å²) in [5, 5.41) is 4.84. The van der Waals surface area contributed by atoms with E-state index < -0.39 is 0 Å². The zero-order valence-electron chi connectivity index (χ0n) is 18.0. The van der Waals surface area contributed by atoms with Crippen LogP contribution < -0.4 is 5.32 Å². The highest BCUT2D eigenvalue weighted by atomic mass is 32.2. The molecule has 4 rings (SSSR count). The fourth-order valence-electron chi connectivity index (χ4n) is 3.54. The van der Waals surface area contributed by atoms with Crippen LogP contribution >= 0.6 is 11.8 Å². The van der Waals surface area contributed by atoms with Crippen LogP contribution in [0.2, 0.25) is 0 Å². The minimum Gasteiger partial charge on any atom is -0.379 e. The van der Waals surface area contributed by atoms with Crippen LogP contribution in [0.15, 0.2) is 53.6 Å². The lowest BCUT2D eigenvalue weighted by molar-refractivity contribution is -0.113. The van der Waals surface area contributed by atoms with Crippen molar-refractivity contribution in [2.45, 2.75) is 31.3 Å².